The van der Waals surface area contributed by atoms with Gasteiger partial charge in [0.05, 0.1) is 25.0 Å². The molecule has 2 heterocycles. The molecule has 0 spiro atoms. The maximum Gasteiger partial charge on any atom is 0.216 e. The first-order valence-electron chi connectivity index (χ1n) is 6.90. The molecular weight excluding hydrogens is 254 g/mol. The lowest BCUT2D eigenvalue weighted by Gasteiger charge is -2.16. The highest BCUT2D eigenvalue weighted by molar-refractivity contribution is 5.26. The molecule has 1 N–H and O–H groups in total. The van der Waals surface area contributed by atoms with E-state index >= 15 is 0 Å². The predicted molar refractivity (Wildman–Crippen MR) is 76.6 cm³/mol. The lowest BCUT2D eigenvalue weighted by molar-refractivity contribution is 0.394. The molecule has 108 valence electrons. The Morgan fingerprint density at radius 1 is 1.35 bits per heavy atom. The second-order valence-corrected chi connectivity index (χ2v) is 4.50. The molecule has 0 aliphatic heterocycles. The molecule has 2 rings (SSSR count). The van der Waals surface area contributed by atoms with E-state index in [9.17, 15) is 0 Å². The van der Waals surface area contributed by atoms with E-state index in [0.29, 0.717) is 5.88 Å². The number of nitrogens with one attached hydrogen (secondary N) is 1. The van der Waals surface area contributed by atoms with E-state index in [1.807, 2.05) is 23.1 Å². The first-order valence-corrected chi connectivity index (χ1v) is 6.90. The molecule has 2 aromatic rings. The summed E-state index contributed by atoms with van der Waals surface area (Å²) in [5.74, 6) is 0.571. The van der Waals surface area contributed by atoms with Gasteiger partial charge in [0.15, 0.2) is 0 Å². The smallest absolute Gasteiger partial charge is 0.216 e. The van der Waals surface area contributed by atoms with Gasteiger partial charge in [-0.3, -0.25) is 4.68 Å². The summed E-state index contributed by atoms with van der Waals surface area (Å²) >= 11 is 0. The van der Waals surface area contributed by atoms with Gasteiger partial charge in [-0.2, -0.15) is 5.10 Å². The SMILES string of the molecule is CCCNC(c1cnn(CC)c1)c1cc(OC)ncn1. The molecule has 1 atom stereocenters. The van der Waals surface area contributed by atoms with E-state index < -0.39 is 0 Å². The molecule has 0 aliphatic carbocycles. The zero-order chi connectivity index (χ0) is 14.4. The van der Waals surface area contributed by atoms with Crippen LogP contribution < -0.4 is 10.1 Å². The van der Waals surface area contributed by atoms with Gasteiger partial charge in [0, 0.05) is 24.4 Å². The van der Waals surface area contributed by atoms with Gasteiger partial charge in [0.25, 0.3) is 0 Å². The van der Waals surface area contributed by atoms with Gasteiger partial charge >= 0.3 is 0 Å². The Balaban J connectivity index is 2.30. The average molecular weight is 275 g/mol. The molecular formula is C14H21N5O. The molecule has 0 saturated carbocycles. The fraction of sp³-hybridized carbons (Fsp3) is 0.500. The molecule has 0 fully saturated rings. The fourth-order valence-corrected chi connectivity index (χ4v) is 2.01. The van der Waals surface area contributed by atoms with Crippen LogP contribution in [-0.2, 0) is 6.54 Å². The molecule has 6 heteroatoms. The summed E-state index contributed by atoms with van der Waals surface area (Å²) in [4.78, 5) is 8.42. The molecule has 2 aromatic heterocycles. The highest BCUT2D eigenvalue weighted by atomic mass is 16.5. The monoisotopic (exact) mass is 275 g/mol. The van der Waals surface area contributed by atoms with Crippen LogP contribution in [0, 0.1) is 0 Å². The maximum absolute atomic E-state index is 5.17. The highest BCUT2D eigenvalue weighted by Crippen LogP contribution is 2.21. The quantitative estimate of drug-likeness (QED) is 0.834. The summed E-state index contributed by atoms with van der Waals surface area (Å²) in [6.45, 7) is 5.97. The van der Waals surface area contributed by atoms with Crippen molar-refractivity contribution in [3.63, 3.8) is 0 Å². The van der Waals surface area contributed by atoms with Crippen LogP contribution in [0.5, 0.6) is 5.88 Å². The van der Waals surface area contributed by atoms with Gasteiger partial charge in [-0.25, -0.2) is 9.97 Å². The Kier molecular flexibility index (Phi) is 5.06. The first kappa shape index (κ1) is 14.5. The zero-order valence-electron chi connectivity index (χ0n) is 12.2. The molecule has 6 nitrogen and oxygen atoms in total. The molecule has 0 aromatic carbocycles. The van der Waals surface area contributed by atoms with Crippen LogP contribution in [0.3, 0.4) is 0 Å². The zero-order valence-corrected chi connectivity index (χ0v) is 12.2. The third-order valence-electron chi connectivity index (χ3n) is 3.08. The van der Waals surface area contributed by atoms with Crippen molar-refractivity contribution in [1.29, 1.82) is 0 Å². The number of nitrogens with zero attached hydrogens (tertiary/aromatic N) is 4. The molecule has 0 radical (unpaired) electrons. The minimum absolute atomic E-state index is 0.00662. The Labute approximate surface area is 119 Å². The van der Waals surface area contributed by atoms with E-state index in [2.05, 4.69) is 34.2 Å². The number of rotatable bonds is 7. The summed E-state index contributed by atoms with van der Waals surface area (Å²) in [7, 11) is 1.61. The number of aryl methyl sites for hydroxylation is 1. The van der Waals surface area contributed by atoms with E-state index in [1.165, 1.54) is 6.33 Å². The Morgan fingerprint density at radius 2 is 2.20 bits per heavy atom. The Morgan fingerprint density at radius 3 is 2.85 bits per heavy atom. The topological polar surface area (TPSA) is 64.9 Å². The number of aromatic nitrogens is 4. The number of methoxy groups -OCH3 is 1. The third kappa shape index (κ3) is 3.33. The Hall–Kier alpha value is -1.95. The normalized spacial score (nSPS) is 12.3. The number of hydrogen-bond donors (Lipinski definition) is 1. The first-order chi connectivity index (χ1) is 9.78. The highest BCUT2D eigenvalue weighted by Gasteiger charge is 2.17. The molecule has 0 aliphatic rings. The van der Waals surface area contributed by atoms with Gasteiger partial charge in [0.1, 0.15) is 6.33 Å². The minimum atomic E-state index is 0.00662. The predicted octanol–water partition coefficient (Wildman–Crippen LogP) is 1.79. The number of hydrogen-bond acceptors (Lipinski definition) is 5. The molecule has 0 bridgehead atoms. The minimum Gasteiger partial charge on any atom is -0.481 e. The summed E-state index contributed by atoms with van der Waals surface area (Å²) in [6, 6.07) is 1.86. The van der Waals surface area contributed by atoms with Gasteiger partial charge in [-0.15, -0.1) is 0 Å². The van der Waals surface area contributed by atoms with Crippen LogP contribution in [0.2, 0.25) is 0 Å². The average Bonchev–Trinajstić information content (AvgIpc) is 2.97. The lowest BCUT2D eigenvalue weighted by Crippen LogP contribution is -2.24. The molecule has 0 saturated heterocycles. The van der Waals surface area contributed by atoms with E-state index in [-0.39, 0.29) is 6.04 Å². The van der Waals surface area contributed by atoms with Crippen molar-refractivity contribution in [2.24, 2.45) is 0 Å². The molecule has 0 amide bonds. The van der Waals surface area contributed by atoms with Gasteiger partial charge in [-0.1, -0.05) is 6.92 Å². The molecule has 1 unspecified atom stereocenters. The number of ether oxygens (including phenoxy) is 1. The van der Waals surface area contributed by atoms with Crippen molar-refractivity contribution in [3.05, 3.63) is 36.0 Å². The van der Waals surface area contributed by atoms with Crippen LogP contribution in [0.15, 0.2) is 24.8 Å². The largest absolute Gasteiger partial charge is 0.481 e. The van der Waals surface area contributed by atoms with Crippen molar-refractivity contribution in [1.82, 2.24) is 25.1 Å². The maximum atomic E-state index is 5.17. The summed E-state index contributed by atoms with van der Waals surface area (Å²) < 4.78 is 7.08. The van der Waals surface area contributed by atoms with Crippen molar-refractivity contribution in [3.8, 4) is 5.88 Å². The van der Waals surface area contributed by atoms with E-state index in [0.717, 1.165) is 30.8 Å². The van der Waals surface area contributed by atoms with Gasteiger partial charge < -0.3 is 10.1 Å². The summed E-state index contributed by atoms with van der Waals surface area (Å²) in [5, 5.41) is 7.83. The summed E-state index contributed by atoms with van der Waals surface area (Å²) in [6.07, 6.45) is 6.51. The standard InChI is InChI=1S/C14H21N5O/c1-4-6-15-14(11-8-18-19(5-2)9-11)12-7-13(20-3)17-10-16-12/h7-10,14-15H,4-6H2,1-3H3. The lowest BCUT2D eigenvalue weighted by atomic mass is 10.1. The van der Waals surface area contributed by atoms with Crippen LogP contribution in [0.1, 0.15) is 37.6 Å². The van der Waals surface area contributed by atoms with Gasteiger partial charge in [0.2, 0.25) is 5.88 Å². The van der Waals surface area contributed by atoms with Crippen molar-refractivity contribution < 1.29 is 4.74 Å². The second kappa shape index (κ2) is 7.00. The van der Waals surface area contributed by atoms with Crippen LogP contribution in [0.4, 0.5) is 0 Å². The van der Waals surface area contributed by atoms with Crippen LogP contribution in [0.25, 0.3) is 0 Å². The van der Waals surface area contributed by atoms with Crippen molar-refractivity contribution >= 4 is 0 Å². The van der Waals surface area contributed by atoms with Crippen molar-refractivity contribution in [2.75, 3.05) is 13.7 Å². The fourth-order valence-electron chi connectivity index (χ4n) is 2.01. The molecule has 20 heavy (non-hydrogen) atoms. The van der Waals surface area contributed by atoms with Crippen LogP contribution >= 0.6 is 0 Å². The van der Waals surface area contributed by atoms with Crippen molar-refractivity contribution in [2.45, 2.75) is 32.9 Å². The van der Waals surface area contributed by atoms with Crippen LogP contribution in [-0.4, -0.2) is 33.4 Å². The third-order valence-corrected chi connectivity index (χ3v) is 3.08. The van der Waals surface area contributed by atoms with Gasteiger partial charge in [-0.05, 0) is 19.9 Å². The Bertz CT molecular complexity index is 540. The van der Waals surface area contributed by atoms with E-state index in [4.69, 9.17) is 4.74 Å². The van der Waals surface area contributed by atoms with E-state index in [1.54, 1.807) is 7.11 Å². The second-order valence-electron chi connectivity index (χ2n) is 4.50. The summed E-state index contributed by atoms with van der Waals surface area (Å²) in [5.41, 5.74) is 1.99.